The Morgan fingerprint density at radius 2 is 2.04 bits per heavy atom. The first-order chi connectivity index (χ1) is 12.2. The van der Waals surface area contributed by atoms with Crippen molar-refractivity contribution in [2.24, 2.45) is 0 Å². The molecule has 1 unspecified atom stereocenters. The highest BCUT2D eigenvalue weighted by molar-refractivity contribution is 9.10. The number of aromatic nitrogens is 2. The summed E-state index contributed by atoms with van der Waals surface area (Å²) in [5.41, 5.74) is 2.71. The largest absolute Gasteiger partial charge is 0.349 e. The number of carbonyl (C=O) groups excluding carboxylic acids is 1. The number of nitrogens with zero attached hydrogens (tertiary/aromatic N) is 2. The van der Waals surface area contributed by atoms with E-state index in [2.05, 4.69) is 38.1 Å². The van der Waals surface area contributed by atoms with Crippen molar-refractivity contribution in [3.05, 3.63) is 69.8 Å². The Kier molecular flexibility index (Phi) is 5.94. The lowest BCUT2D eigenvalue weighted by Crippen LogP contribution is -2.29. The Labute approximate surface area is 159 Å². The first-order valence-corrected chi connectivity index (χ1v) is 9.73. The van der Waals surface area contributed by atoms with E-state index in [0.29, 0.717) is 0 Å². The topological polar surface area (TPSA) is 54.9 Å². The van der Waals surface area contributed by atoms with E-state index in [1.54, 1.807) is 6.20 Å². The predicted octanol–water partition coefficient (Wildman–Crippen LogP) is 4.78. The van der Waals surface area contributed by atoms with Crippen molar-refractivity contribution in [1.82, 2.24) is 15.3 Å². The molecule has 2 aromatic heterocycles. The molecule has 2 heterocycles. The summed E-state index contributed by atoms with van der Waals surface area (Å²) in [5, 5.41) is 5.85. The van der Waals surface area contributed by atoms with Crippen LogP contribution in [0.15, 0.2) is 58.5 Å². The molecule has 4 nitrogen and oxygen atoms in total. The van der Waals surface area contributed by atoms with E-state index >= 15 is 0 Å². The van der Waals surface area contributed by atoms with Crippen molar-refractivity contribution in [2.45, 2.75) is 25.8 Å². The van der Waals surface area contributed by atoms with Crippen molar-refractivity contribution in [3.8, 4) is 10.7 Å². The Bertz CT molecular complexity index is 833. The van der Waals surface area contributed by atoms with Gasteiger partial charge in [-0.3, -0.25) is 9.78 Å². The van der Waals surface area contributed by atoms with Crippen LogP contribution in [0.25, 0.3) is 10.7 Å². The average Bonchev–Trinajstić information content (AvgIpc) is 3.10. The molecule has 1 aromatic carbocycles. The van der Waals surface area contributed by atoms with Gasteiger partial charge < -0.3 is 5.32 Å². The number of hydrogen-bond donors (Lipinski definition) is 1. The van der Waals surface area contributed by atoms with Crippen molar-refractivity contribution < 1.29 is 4.79 Å². The minimum absolute atomic E-state index is 0.00879. The van der Waals surface area contributed by atoms with Gasteiger partial charge in [-0.1, -0.05) is 41.1 Å². The van der Waals surface area contributed by atoms with Crippen LogP contribution in [0.1, 0.15) is 30.6 Å². The molecule has 6 heteroatoms. The van der Waals surface area contributed by atoms with Crippen LogP contribution in [-0.2, 0) is 11.2 Å². The molecular formula is C19H18BrN3OS. The van der Waals surface area contributed by atoms with Gasteiger partial charge in [0.25, 0.3) is 0 Å². The maximum Gasteiger partial charge on any atom is 0.226 e. The molecule has 0 bridgehead atoms. The van der Waals surface area contributed by atoms with E-state index in [1.807, 2.05) is 47.8 Å². The van der Waals surface area contributed by atoms with Crippen molar-refractivity contribution >= 4 is 33.2 Å². The molecule has 1 amide bonds. The predicted molar refractivity (Wildman–Crippen MR) is 104 cm³/mol. The van der Waals surface area contributed by atoms with Crippen molar-refractivity contribution in [1.29, 1.82) is 0 Å². The van der Waals surface area contributed by atoms with Crippen LogP contribution in [-0.4, -0.2) is 15.9 Å². The molecule has 128 valence electrons. The fourth-order valence-electron chi connectivity index (χ4n) is 2.52. The zero-order valence-corrected chi connectivity index (χ0v) is 16.2. The normalized spacial score (nSPS) is 11.9. The zero-order chi connectivity index (χ0) is 17.6. The number of nitrogens with one attached hydrogen (secondary N) is 1. The van der Waals surface area contributed by atoms with Crippen LogP contribution in [0.3, 0.4) is 0 Å². The first kappa shape index (κ1) is 17.8. The molecule has 0 radical (unpaired) electrons. The monoisotopic (exact) mass is 415 g/mol. The number of halogens is 1. The lowest BCUT2D eigenvalue weighted by Gasteiger charge is -2.17. The van der Waals surface area contributed by atoms with Crippen LogP contribution in [0.4, 0.5) is 0 Å². The molecule has 3 aromatic rings. The molecule has 1 N–H and O–H groups in total. The van der Waals surface area contributed by atoms with Crippen LogP contribution < -0.4 is 5.32 Å². The number of thiazole rings is 1. The third kappa shape index (κ3) is 4.74. The van der Waals surface area contributed by atoms with Gasteiger partial charge in [-0.15, -0.1) is 11.3 Å². The van der Waals surface area contributed by atoms with Crippen LogP contribution >= 0.6 is 27.3 Å². The summed E-state index contributed by atoms with van der Waals surface area (Å²) in [6.45, 7) is 2.06. The minimum atomic E-state index is -0.0207. The first-order valence-electron chi connectivity index (χ1n) is 8.06. The summed E-state index contributed by atoms with van der Waals surface area (Å²) in [6, 6.07) is 13.8. The molecule has 0 aliphatic heterocycles. The van der Waals surface area contributed by atoms with Gasteiger partial charge in [0, 0.05) is 16.0 Å². The zero-order valence-electron chi connectivity index (χ0n) is 13.8. The highest BCUT2D eigenvalue weighted by Gasteiger charge is 2.15. The maximum absolute atomic E-state index is 12.4. The second-order valence-electron chi connectivity index (χ2n) is 5.62. The van der Waals surface area contributed by atoms with E-state index in [0.717, 1.165) is 32.9 Å². The van der Waals surface area contributed by atoms with E-state index < -0.39 is 0 Å². The van der Waals surface area contributed by atoms with Gasteiger partial charge in [-0.2, -0.15) is 0 Å². The van der Waals surface area contributed by atoms with Gasteiger partial charge in [0.05, 0.1) is 23.9 Å². The minimum Gasteiger partial charge on any atom is -0.349 e. The Morgan fingerprint density at radius 1 is 1.24 bits per heavy atom. The number of hydrogen-bond acceptors (Lipinski definition) is 4. The number of benzene rings is 1. The molecule has 0 saturated heterocycles. The number of rotatable bonds is 6. The Hall–Kier alpha value is -2.05. The lowest BCUT2D eigenvalue weighted by molar-refractivity contribution is -0.121. The van der Waals surface area contributed by atoms with Gasteiger partial charge in [-0.05, 0) is 36.2 Å². The summed E-state index contributed by atoms with van der Waals surface area (Å²) >= 11 is 4.94. The van der Waals surface area contributed by atoms with Gasteiger partial charge in [0.1, 0.15) is 5.01 Å². The van der Waals surface area contributed by atoms with Gasteiger partial charge in [-0.25, -0.2) is 4.98 Å². The van der Waals surface area contributed by atoms with Crippen LogP contribution in [0.5, 0.6) is 0 Å². The number of pyridine rings is 1. The van der Waals surface area contributed by atoms with Gasteiger partial charge in [0.15, 0.2) is 0 Å². The molecule has 1 atom stereocenters. The van der Waals surface area contributed by atoms with E-state index in [9.17, 15) is 4.79 Å². The number of carbonyl (C=O) groups is 1. The third-order valence-corrected chi connectivity index (χ3v) is 5.24. The quantitative estimate of drug-likeness (QED) is 0.630. The maximum atomic E-state index is 12.4. The Morgan fingerprint density at radius 3 is 2.72 bits per heavy atom. The Balaban J connectivity index is 1.64. The second kappa shape index (κ2) is 8.36. The molecule has 0 aliphatic rings. The summed E-state index contributed by atoms with van der Waals surface area (Å²) in [6.07, 6.45) is 2.85. The summed E-state index contributed by atoms with van der Waals surface area (Å²) < 4.78 is 1.03. The molecule has 0 fully saturated rings. The van der Waals surface area contributed by atoms with Crippen molar-refractivity contribution in [2.75, 3.05) is 0 Å². The fourth-order valence-corrected chi connectivity index (χ4v) is 3.58. The fraction of sp³-hybridized carbons (Fsp3) is 0.211. The molecule has 0 spiro atoms. The van der Waals surface area contributed by atoms with Crippen molar-refractivity contribution in [3.63, 3.8) is 0 Å². The SMILES string of the molecule is CCC(NC(=O)Cc1csc(-c2ccccn2)n1)c1ccc(Br)cc1. The highest BCUT2D eigenvalue weighted by atomic mass is 79.9. The van der Waals surface area contributed by atoms with Gasteiger partial charge >= 0.3 is 0 Å². The second-order valence-corrected chi connectivity index (χ2v) is 7.39. The molecule has 0 aliphatic carbocycles. The lowest BCUT2D eigenvalue weighted by atomic mass is 10.0. The summed E-state index contributed by atoms with van der Waals surface area (Å²) in [5.74, 6) is -0.0207. The van der Waals surface area contributed by atoms with Gasteiger partial charge in [0.2, 0.25) is 5.91 Å². The molecule has 0 saturated carbocycles. The smallest absolute Gasteiger partial charge is 0.226 e. The van der Waals surface area contributed by atoms with Crippen LogP contribution in [0, 0.1) is 0 Å². The summed E-state index contributed by atoms with van der Waals surface area (Å²) in [4.78, 5) is 21.2. The van der Waals surface area contributed by atoms with E-state index in [-0.39, 0.29) is 18.4 Å². The third-order valence-electron chi connectivity index (χ3n) is 3.79. The molecule has 25 heavy (non-hydrogen) atoms. The molecular weight excluding hydrogens is 398 g/mol. The average molecular weight is 416 g/mol. The van der Waals surface area contributed by atoms with Crippen LogP contribution in [0.2, 0.25) is 0 Å². The standard InChI is InChI=1S/C19H18BrN3OS/c1-2-16(13-6-8-14(20)9-7-13)23-18(24)11-15-12-25-19(22-15)17-5-3-4-10-21-17/h3-10,12,16H,2,11H2,1H3,(H,23,24). The highest BCUT2D eigenvalue weighted by Crippen LogP contribution is 2.22. The van der Waals surface area contributed by atoms with E-state index in [1.165, 1.54) is 11.3 Å². The summed E-state index contributed by atoms with van der Waals surface area (Å²) in [7, 11) is 0. The van der Waals surface area contributed by atoms with E-state index in [4.69, 9.17) is 0 Å². The number of amides is 1. The molecule has 3 rings (SSSR count).